The van der Waals surface area contributed by atoms with Crippen LogP contribution in [0.15, 0.2) is 48.5 Å². The number of esters is 1. The van der Waals surface area contributed by atoms with Gasteiger partial charge in [0.25, 0.3) is 5.91 Å². The number of hydrogen-bond acceptors (Lipinski definition) is 4. The molecule has 126 valence electrons. The van der Waals surface area contributed by atoms with E-state index in [4.69, 9.17) is 9.47 Å². The van der Waals surface area contributed by atoms with Crippen LogP contribution in [0, 0.1) is 0 Å². The molecular formula is C19H21NO4. The number of hydrogen-bond donors (Lipinski definition) is 1. The summed E-state index contributed by atoms with van der Waals surface area (Å²) < 4.78 is 10.3. The predicted molar refractivity (Wildman–Crippen MR) is 91.5 cm³/mol. The number of ether oxygens (including phenoxy) is 2. The molecule has 5 heteroatoms. The Balaban J connectivity index is 1.89. The van der Waals surface area contributed by atoms with Crippen LogP contribution in [0.5, 0.6) is 11.5 Å². The Bertz CT molecular complexity index is 708. The van der Waals surface area contributed by atoms with Gasteiger partial charge in [-0.25, -0.2) is 4.79 Å². The number of para-hydroxylation sites is 1. The molecule has 0 spiro atoms. The minimum atomic E-state index is -0.532. The zero-order valence-electron chi connectivity index (χ0n) is 14.0. The van der Waals surface area contributed by atoms with Gasteiger partial charge in [-0.1, -0.05) is 38.1 Å². The summed E-state index contributed by atoms with van der Waals surface area (Å²) in [6.45, 7) is 3.96. The molecule has 0 radical (unpaired) electrons. The first-order valence-electron chi connectivity index (χ1n) is 7.73. The van der Waals surface area contributed by atoms with Crippen LogP contribution in [-0.2, 0) is 4.79 Å². The summed E-state index contributed by atoms with van der Waals surface area (Å²) in [6.07, 6.45) is 0. The molecule has 1 N–H and O–H groups in total. The fourth-order valence-corrected chi connectivity index (χ4v) is 2.17. The van der Waals surface area contributed by atoms with Crippen LogP contribution >= 0.6 is 0 Å². The highest BCUT2D eigenvalue weighted by molar-refractivity contribution is 5.98. The molecule has 0 aliphatic heterocycles. The summed E-state index contributed by atoms with van der Waals surface area (Å²) in [6, 6.07) is 14.1. The quantitative estimate of drug-likeness (QED) is 0.654. The Hall–Kier alpha value is -2.82. The van der Waals surface area contributed by atoms with Crippen molar-refractivity contribution in [2.45, 2.75) is 19.8 Å². The van der Waals surface area contributed by atoms with E-state index in [2.05, 4.69) is 19.2 Å². The summed E-state index contributed by atoms with van der Waals surface area (Å²) in [4.78, 5) is 24.0. The first kappa shape index (κ1) is 17.5. The van der Waals surface area contributed by atoms with Gasteiger partial charge in [0.05, 0.1) is 12.7 Å². The van der Waals surface area contributed by atoms with E-state index in [9.17, 15) is 9.59 Å². The summed E-state index contributed by atoms with van der Waals surface area (Å²) >= 11 is 0. The van der Waals surface area contributed by atoms with E-state index in [0.29, 0.717) is 23.0 Å². The van der Waals surface area contributed by atoms with Crippen LogP contribution in [0.3, 0.4) is 0 Å². The van der Waals surface area contributed by atoms with Crippen LogP contribution in [-0.4, -0.2) is 25.5 Å². The second-order valence-electron chi connectivity index (χ2n) is 5.58. The zero-order chi connectivity index (χ0) is 17.5. The van der Waals surface area contributed by atoms with E-state index >= 15 is 0 Å². The van der Waals surface area contributed by atoms with Crippen molar-refractivity contribution < 1.29 is 19.1 Å². The molecule has 0 aromatic heterocycles. The molecule has 0 saturated heterocycles. The maximum atomic E-state index is 12.1. The van der Waals surface area contributed by atoms with Crippen molar-refractivity contribution in [2.75, 3.05) is 13.7 Å². The average molecular weight is 327 g/mol. The largest absolute Gasteiger partial charge is 0.496 e. The van der Waals surface area contributed by atoms with Crippen LogP contribution in [0.2, 0.25) is 0 Å². The molecular weight excluding hydrogens is 306 g/mol. The Labute approximate surface area is 141 Å². The van der Waals surface area contributed by atoms with Gasteiger partial charge in [0.1, 0.15) is 18.0 Å². The van der Waals surface area contributed by atoms with Crippen LogP contribution in [0.4, 0.5) is 0 Å². The molecule has 2 aromatic carbocycles. The Morgan fingerprint density at radius 3 is 2.33 bits per heavy atom. The SMILES string of the molecule is COc1ccccc1C(=O)NCC(=O)Oc1ccc(C(C)C)cc1. The van der Waals surface area contributed by atoms with E-state index in [1.807, 2.05) is 12.1 Å². The third-order valence-corrected chi connectivity index (χ3v) is 3.52. The molecule has 2 rings (SSSR count). The lowest BCUT2D eigenvalue weighted by Gasteiger charge is -2.10. The van der Waals surface area contributed by atoms with Gasteiger partial charge >= 0.3 is 5.97 Å². The minimum Gasteiger partial charge on any atom is -0.496 e. The summed E-state index contributed by atoms with van der Waals surface area (Å²) in [5, 5.41) is 2.53. The maximum Gasteiger partial charge on any atom is 0.330 e. The van der Waals surface area contributed by atoms with Gasteiger partial charge in [0.15, 0.2) is 0 Å². The second kappa shape index (κ2) is 8.15. The van der Waals surface area contributed by atoms with Crippen molar-refractivity contribution in [3.63, 3.8) is 0 Å². The molecule has 0 heterocycles. The highest BCUT2D eigenvalue weighted by atomic mass is 16.5. The third kappa shape index (κ3) is 4.59. The van der Waals surface area contributed by atoms with E-state index in [-0.39, 0.29) is 12.5 Å². The fourth-order valence-electron chi connectivity index (χ4n) is 2.17. The van der Waals surface area contributed by atoms with Crippen molar-refractivity contribution in [1.82, 2.24) is 5.32 Å². The molecule has 0 aliphatic carbocycles. The molecule has 2 aromatic rings. The van der Waals surface area contributed by atoms with Gasteiger partial charge in [-0.05, 0) is 35.7 Å². The first-order valence-corrected chi connectivity index (χ1v) is 7.73. The second-order valence-corrected chi connectivity index (χ2v) is 5.58. The van der Waals surface area contributed by atoms with Crippen molar-refractivity contribution >= 4 is 11.9 Å². The highest BCUT2D eigenvalue weighted by Gasteiger charge is 2.13. The molecule has 0 aliphatic rings. The minimum absolute atomic E-state index is 0.219. The average Bonchev–Trinajstić information content (AvgIpc) is 2.60. The topological polar surface area (TPSA) is 64.6 Å². The normalized spacial score (nSPS) is 10.3. The molecule has 0 atom stereocenters. The van der Waals surface area contributed by atoms with Crippen LogP contribution in [0.1, 0.15) is 35.7 Å². The lowest BCUT2D eigenvalue weighted by molar-refractivity contribution is -0.133. The van der Waals surface area contributed by atoms with Crippen molar-refractivity contribution in [3.8, 4) is 11.5 Å². The third-order valence-electron chi connectivity index (χ3n) is 3.52. The van der Waals surface area contributed by atoms with E-state index in [0.717, 1.165) is 0 Å². The smallest absolute Gasteiger partial charge is 0.330 e. The van der Waals surface area contributed by atoms with E-state index < -0.39 is 5.97 Å². The van der Waals surface area contributed by atoms with Crippen molar-refractivity contribution in [1.29, 1.82) is 0 Å². The molecule has 5 nitrogen and oxygen atoms in total. The van der Waals surface area contributed by atoms with Crippen molar-refractivity contribution in [2.24, 2.45) is 0 Å². The number of benzene rings is 2. The molecule has 24 heavy (non-hydrogen) atoms. The number of nitrogens with one attached hydrogen (secondary N) is 1. The van der Waals surface area contributed by atoms with Gasteiger partial charge in [0.2, 0.25) is 0 Å². The Morgan fingerprint density at radius 2 is 1.71 bits per heavy atom. The van der Waals surface area contributed by atoms with Crippen molar-refractivity contribution in [3.05, 3.63) is 59.7 Å². The standard InChI is InChI=1S/C19H21NO4/c1-13(2)14-8-10-15(11-9-14)24-18(21)12-20-19(22)16-6-4-5-7-17(16)23-3/h4-11,13H,12H2,1-3H3,(H,20,22). The lowest BCUT2D eigenvalue weighted by Crippen LogP contribution is -2.32. The van der Waals surface area contributed by atoms with Gasteiger partial charge in [0, 0.05) is 0 Å². The number of carbonyl (C=O) groups is 2. The fraction of sp³-hybridized carbons (Fsp3) is 0.263. The van der Waals surface area contributed by atoms with Gasteiger partial charge in [-0.2, -0.15) is 0 Å². The predicted octanol–water partition coefficient (Wildman–Crippen LogP) is 3.15. The summed E-state index contributed by atoms with van der Waals surface area (Å²) in [5.74, 6) is 0.397. The molecule has 0 fully saturated rings. The van der Waals surface area contributed by atoms with Crippen LogP contribution < -0.4 is 14.8 Å². The van der Waals surface area contributed by atoms with Crippen LogP contribution in [0.25, 0.3) is 0 Å². The number of rotatable bonds is 6. The molecule has 1 amide bonds. The van der Waals surface area contributed by atoms with E-state index in [1.165, 1.54) is 12.7 Å². The number of amides is 1. The number of methoxy groups -OCH3 is 1. The van der Waals surface area contributed by atoms with Gasteiger partial charge in [-0.15, -0.1) is 0 Å². The monoisotopic (exact) mass is 327 g/mol. The number of carbonyl (C=O) groups excluding carboxylic acids is 2. The molecule has 0 saturated carbocycles. The van der Waals surface area contributed by atoms with Gasteiger partial charge < -0.3 is 14.8 Å². The lowest BCUT2D eigenvalue weighted by atomic mass is 10.0. The first-order chi connectivity index (χ1) is 11.5. The molecule has 0 unspecified atom stereocenters. The summed E-state index contributed by atoms with van der Waals surface area (Å²) in [7, 11) is 1.49. The molecule has 0 bridgehead atoms. The highest BCUT2D eigenvalue weighted by Crippen LogP contribution is 2.19. The Kier molecular flexibility index (Phi) is 5.95. The summed E-state index contributed by atoms with van der Waals surface area (Å²) in [5.41, 5.74) is 1.54. The Morgan fingerprint density at radius 1 is 1.04 bits per heavy atom. The zero-order valence-corrected chi connectivity index (χ0v) is 14.0. The maximum absolute atomic E-state index is 12.1. The van der Waals surface area contributed by atoms with E-state index in [1.54, 1.807) is 36.4 Å². The van der Waals surface area contributed by atoms with Gasteiger partial charge in [-0.3, -0.25) is 4.79 Å².